The number of anilines is 1. The Morgan fingerprint density at radius 2 is 2.06 bits per heavy atom. The molecule has 1 rings (SSSR count). The van der Waals surface area contributed by atoms with Crippen molar-refractivity contribution in [3.63, 3.8) is 0 Å². The normalized spacial score (nSPS) is 13.4. The van der Waals surface area contributed by atoms with Gasteiger partial charge in [-0.25, -0.2) is 9.97 Å². The highest BCUT2D eigenvalue weighted by Gasteiger charge is 2.19. The monoisotopic (exact) mass is 271 g/mol. The smallest absolute Gasteiger partial charge is 0.137 e. The average Bonchev–Trinajstić information content (AvgIpc) is 2.26. The maximum Gasteiger partial charge on any atom is 0.137 e. The summed E-state index contributed by atoms with van der Waals surface area (Å²) < 4.78 is 0. The summed E-state index contributed by atoms with van der Waals surface area (Å²) in [6.45, 7) is 8.38. The van der Waals surface area contributed by atoms with Crippen molar-refractivity contribution in [2.75, 3.05) is 11.9 Å². The van der Waals surface area contributed by atoms with E-state index in [0.717, 1.165) is 18.1 Å². The second-order valence-electron chi connectivity index (χ2n) is 5.41. The zero-order chi connectivity index (χ0) is 13.8. The minimum absolute atomic E-state index is 0.139. The first kappa shape index (κ1) is 15.2. The Labute approximate surface area is 114 Å². The zero-order valence-corrected chi connectivity index (χ0v) is 12.3. The van der Waals surface area contributed by atoms with Crippen LogP contribution in [-0.4, -0.2) is 27.7 Å². The number of nitrogens with one attached hydrogen (secondary N) is 1. The molecular weight excluding hydrogens is 250 g/mol. The molecule has 0 saturated carbocycles. The first-order chi connectivity index (χ1) is 8.36. The van der Waals surface area contributed by atoms with Crippen LogP contribution in [0.2, 0.25) is 5.15 Å². The van der Waals surface area contributed by atoms with Crippen molar-refractivity contribution in [3.05, 3.63) is 17.0 Å². The van der Waals surface area contributed by atoms with Gasteiger partial charge in [-0.15, -0.1) is 0 Å². The lowest BCUT2D eigenvalue weighted by molar-refractivity contribution is 0.278. The van der Waals surface area contributed by atoms with Crippen LogP contribution in [-0.2, 0) is 5.41 Å². The van der Waals surface area contributed by atoms with Gasteiger partial charge < -0.3 is 10.4 Å². The van der Waals surface area contributed by atoms with Crippen LogP contribution in [0.15, 0.2) is 6.07 Å². The summed E-state index contributed by atoms with van der Waals surface area (Å²) in [6.07, 6.45) is 1.62. The molecule has 0 aromatic carbocycles. The van der Waals surface area contributed by atoms with Crippen LogP contribution in [0.1, 0.15) is 46.4 Å². The molecule has 102 valence electrons. The van der Waals surface area contributed by atoms with E-state index in [1.54, 1.807) is 6.07 Å². The van der Waals surface area contributed by atoms with E-state index in [9.17, 15) is 0 Å². The topological polar surface area (TPSA) is 58.0 Å². The van der Waals surface area contributed by atoms with Crippen LogP contribution in [0.4, 0.5) is 5.82 Å². The third kappa shape index (κ3) is 4.42. The molecule has 0 saturated heterocycles. The number of aliphatic hydroxyl groups is 1. The summed E-state index contributed by atoms with van der Waals surface area (Å²) in [5, 5.41) is 12.7. The molecule has 0 spiro atoms. The molecule has 0 amide bonds. The molecule has 1 heterocycles. The molecule has 18 heavy (non-hydrogen) atoms. The Hall–Kier alpha value is -0.870. The second kappa shape index (κ2) is 6.34. The van der Waals surface area contributed by atoms with E-state index in [4.69, 9.17) is 16.7 Å². The molecule has 5 heteroatoms. The molecule has 4 nitrogen and oxygen atoms in total. The molecule has 2 N–H and O–H groups in total. The van der Waals surface area contributed by atoms with E-state index < -0.39 is 0 Å². The van der Waals surface area contributed by atoms with Gasteiger partial charge in [0.2, 0.25) is 0 Å². The highest BCUT2D eigenvalue weighted by molar-refractivity contribution is 6.29. The SMILES string of the molecule is CCC(CCO)Nc1cc(Cl)nc(C(C)(C)C)n1. The quantitative estimate of drug-likeness (QED) is 0.809. The fourth-order valence-corrected chi connectivity index (χ4v) is 1.75. The molecule has 1 unspecified atom stereocenters. The highest BCUT2D eigenvalue weighted by Crippen LogP contribution is 2.22. The van der Waals surface area contributed by atoms with Gasteiger partial charge in [0.05, 0.1) is 0 Å². The number of hydrogen-bond acceptors (Lipinski definition) is 4. The van der Waals surface area contributed by atoms with Gasteiger partial charge in [0.1, 0.15) is 16.8 Å². The van der Waals surface area contributed by atoms with Crippen LogP contribution in [0.25, 0.3) is 0 Å². The van der Waals surface area contributed by atoms with Gasteiger partial charge in [0, 0.05) is 24.1 Å². The number of halogens is 1. The first-order valence-electron chi connectivity index (χ1n) is 6.29. The van der Waals surface area contributed by atoms with Crippen LogP contribution >= 0.6 is 11.6 Å². The van der Waals surface area contributed by atoms with Gasteiger partial charge >= 0.3 is 0 Å². The van der Waals surface area contributed by atoms with Gasteiger partial charge in [0.15, 0.2) is 0 Å². The molecule has 1 aromatic rings. The molecule has 1 atom stereocenters. The maximum absolute atomic E-state index is 8.99. The van der Waals surface area contributed by atoms with Crippen LogP contribution < -0.4 is 5.32 Å². The molecule has 0 bridgehead atoms. The van der Waals surface area contributed by atoms with E-state index >= 15 is 0 Å². The molecule has 0 aliphatic rings. The van der Waals surface area contributed by atoms with E-state index in [2.05, 4.69) is 22.2 Å². The fourth-order valence-electron chi connectivity index (χ4n) is 1.57. The number of nitrogens with zero attached hydrogens (tertiary/aromatic N) is 2. The van der Waals surface area contributed by atoms with Crippen LogP contribution in [0.3, 0.4) is 0 Å². The maximum atomic E-state index is 8.99. The summed E-state index contributed by atoms with van der Waals surface area (Å²) in [7, 11) is 0. The van der Waals surface area contributed by atoms with Gasteiger partial charge in [-0.1, -0.05) is 39.3 Å². The fraction of sp³-hybridized carbons (Fsp3) is 0.692. The van der Waals surface area contributed by atoms with Gasteiger partial charge in [-0.05, 0) is 12.8 Å². The summed E-state index contributed by atoms with van der Waals surface area (Å²) in [6, 6.07) is 1.92. The molecular formula is C13H22ClN3O. The lowest BCUT2D eigenvalue weighted by Crippen LogP contribution is -2.23. The van der Waals surface area contributed by atoms with E-state index in [1.807, 2.05) is 20.8 Å². The van der Waals surface area contributed by atoms with Crippen molar-refractivity contribution in [2.24, 2.45) is 0 Å². The van der Waals surface area contributed by atoms with Crippen molar-refractivity contribution >= 4 is 17.4 Å². The number of rotatable bonds is 5. The molecule has 1 aromatic heterocycles. The molecule has 0 radical (unpaired) electrons. The Morgan fingerprint density at radius 3 is 2.56 bits per heavy atom. The Bertz CT molecular complexity index is 390. The first-order valence-corrected chi connectivity index (χ1v) is 6.67. The number of aromatic nitrogens is 2. The Morgan fingerprint density at radius 1 is 1.39 bits per heavy atom. The van der Waals surface area contributed by atoms with Crippen molar-refractivity contribution in [3.8, 4) is 0 Å². The van der Waals surface area contributed by atoms with Crippen LogP contribution in [0, 0.1) is 0 Å². The van der Waals surface area contributed by atoms with Crippen molar-refractivity contribution in [1.29, 1.82) is 0 Å². The Kier molecular flexibility index (Phi) is 5.35. The lowest BCUT2D eigenvalue weighted by atomic mass is 9.96. The second-order valence-corrected chi connectivity index (χ2v) is 5.80. The Balaban J connectivity index is 2.92. The summed E-state index contributed by atoms with van der Waals surface area (Å²) in [5.41, 5.74) is -0.139. The zero-order valence-electron chi connectivity index (χ0n) is 11.5. The van der Waals surface area contributed by atoms with E-state index in [0.29, 0.717) is 11.6 Å². The van der Waals surface area contributed by atoms with Crippen molar-refractivity contribution < 1.29 is 5.11 Å². The molecule has 0 aliphatic heterocycles. The largest absolute Gasteiger partial charge is 0.396 e. The molecule has 0 fully saturated rings. The average molecular weight is 272 g/mol. The highest BCUT2D eigenvalue weighted by atomic mass is 35.5. The third-order valence-corrected chi connectivity index (χ3v) is 2.88. The van der Waals surface area contributed by atoms with Gasteiger partial charge in [0.25, 0.3) is 0 Å². The third-order valence-electron chi connectivity index (χ3n) is 2.69. The van der Waals surface area contributed by atoms with Gasteiger partial charge in [-0.2, -0.15) is 0 Å². The van der Waals surface area contributed by atoms with E-state index in [1.165, 1.54) is 0 Å². The minimum Gasteiger partial charge on any atom is -0.396 e. The van der Waals surface area contributed by atoms with Crippen LogP contribution in [0.5, 0.6) is 0 Å². The lowest BCUT2D eigenvalue weighted by Gasteiger charge is -2.20. The molecule has 0 aliphatic carbocycles. The minimum atomic E-state index is -0.139. The number of aliphatic hydroxyl groups excluding tert-OH is 1. The van der Waals surface area contributed by atoms with E-state index in [-0.39, 0.29) is 18.1 Å². The predicted octanol–water partition coefficient (Wildman–Crippen LogP) is 3.00. The number of hydrogen-bond donors (Lipinski definition) is 2. The standard InChI is InChI=1S/C13H22ClN3O/c1-5-9(6-7-18)15-11-8-10(14)16-12(17-11)13(2,3)4/h8-9,18H,5-7H2,1-4H3,(H,15,16,17). The summed E-state index contributed by atoms with van der Waals surface area (Å²) >= 11 is 6.02. The summed E-state index contributed by atoms with van der Waals surface area (Å²) in [5.74, 6) is 1.44. The van der Waals surface area contributed by atoms with Crippen molar-refractivity contribution in [1.82, 2.24) is 9.97 Å². The summed E-state index contributed by atoms with van der Waals surface area (Å²) in [4.78, 5) is 8.74. The van der Waals surface area contributed by atoms with Gasteiger partial charge in [-0.3, -0.25) is 0 Å². The van der Waals surface area contributed by atoms with Crippen molar-refractivity contribution in [2.45, 2.75) is 52.0 Å². The predicted molar refractivity (Wildman–Crippen MR) is 75.1 cm³/mol.